The van der Waals surface area contributed by atoms with Crippen LogP contribution < -0.4 is 0 Å². The fourth-order valence-electron chi connectivity index (χ4n) is 0.382. The first-order chi connectivity index (χ1) is 6.62. The monoisotopic (exact) mass is 210 g/mol. The highest BCUT2D eigenvalue weighted by Crippen LogP contribution is 1.82. The molecule has 0 saturated heterocycles. The predicted molar refractivity (Wildman–Crippen MR) is 48.5 cm³/mol. The van der Waals surface area contributed by atoms with Crippen molar-refractivity contribution in [3.8, 4) is 0 Å². The van der Waals surface area contributed by atoms with Crippen molar-refractivity contribution in [3.63, 3.8) is 0 Å². The first kappa shape index (κ1) is 15.8. The summed E-state index contributed by atoms with van der Waals surface area (Å²) in [6, 6.07) is 0. The summed E-state index contributed by atoms with van der Waals surface area (Å²) < 4.78 is 4.48. The first-order valence-electron chi connectivity index (χ1n) is 4.28. The Labute approximate surface area is 82.8 Å². The van der Waals surface area contributed by atoms with E-state index >= 15 is 0 Å². The van der Waals surface area contributed by atoms with Gasteiger partial charge >= 0.3 is 5.97 Å². The molecule has 0 rings (SSSR count). The van der Waals surface area contributed by atoms with E-state index in [4.69, 9.17) is 20.4 Å². The average Bonchev–Trinajstić information content (AvgIpc) is 2.18. The molecular formula is C8H18O6. The van der Waals surface area contributed by atoms with E-state index in [0.717, 1.165) is 0 Å². The third-order valence-corrected chi connectivity index (χ3v) is 1.04. The Kier molecular flexibility index (Phi) is 13.9. The zero-order valence-electron chi connectivity index (χ0n) is 8.22. The molecule has 0 atom stereocenters. The highest BCUT2D eigenvalue weighted by molar-refractivity contribution is 5.69. The first-order valence-corrected chi connectivity index (χ1v) is 4.28. The number of rotatable bonds is 5. The third kappa shape index (κ3) is 13.9. The highest BCUT2D eigenvalue weighted by Gasteiger charge is 1.96. The smallest absolute Gasteiger partial charge is 0.308 e. The summed E-state index contributed by atoms with van der Waals surface area (Å²) in [5.41, 5.74) is 0. The second-order valence-corrected chi connectivity index (χ2v) is 2.30. The summed E-state index contributed by atoms with van der Waals surface area (Å²) >= 11 is 0. The third-order valence-electron chi connectivity index (χ3n) is 1.04. The number of carbonyl (C=O) groups excluding carboxylic acids is 1. The molecule has 0 aromatic heterocycles. The fourth-order valence-corrected chi connectivity index (χ4v) is 0.382. The van der Waals surface area contributed by atoms with E-state index in [1.165, 1.54) is 0 Å². The van der Waals surface area contributed by atoms with Crippen LogP contribution in [-0.4, -0.2) is 58.9 Å². The number of carbonyl (C=O) groups is 1. The summed E-state index contributed by atoms with van der Waals surface area (Å²) in [5, 5.41) is 32.2. The molecule has 14 heavy (non-hydrogen) atoms. The molecule has 4 N–H and O–H groups in total. The SMILES string of the molecule is CCOC(=O)CCO.OCC(O)CO. The predicted octanol–water partition coefficient (Wildman–Crippen LogP) is -1.74. The molecule has 0 heterocycles. The number of hydrogen-bond donors (Lipinski definition) is 4. The van der Waals surface area contributed by atoms with Gasteiger partial charge in [-0.05, 0) is 6.92 Å². The molecule has 0 saturated carbocycles. The zero-order chi connectivity index (χ0) is 11.4. The van der Waals surface area contributed by atoms with Gasteiger partial charge in [0.2, 0.25) is 0 Å². The maximum atomic E-state index is 10.3. The van der Waals surface area contributed by atoms with E-state index < -0.39 is 6.10 Å². The highest BCUT2D eigenvalue weighted by atomic mass is 16.5. The summed E-state index contributed by atoms with van der Waals surface area (Å²) in [4.78, 5) is 10.3. The Morgan fingerprint density at radius 1 is 1.29 bits per heavy atom. The molecule has 0 aromatic rings. The van der Waals surface area contributed by atoms with Crippen LogP contribution in [-0.2, 0) is 9.53 Å². The minimum absolute atomic E-state index is 0.105. The lowest BCUT2D eigenvalue weighted by molar-refractivity contribution is -0.143. The van der Waals surface area contributed by atoms with Crippen molar-refractivity contribution in [3.05, 3.63) is 0 Å². The Bertz CT molecular complexity index is 115. The van der Waals surface area contributed by atoms with Gasteiger partial charge < -0.3 is 25.2 Å². The van der Waals surface area contributed by atoms with Crippen LogP contribution in [0.5, 0.6) is 0 Å². The molecule has 0 radical (unpaired) electrons. The molecule has 0 bridgehead atoms. The van der Waals surface area contributed by atoms with Crippen molar-refractivity contribution in [2.75, 3.05) is 26.4 Å². The second kappa shape index (κ2) is 12.3. The molecule has 0 amide bonds. The van der Waals surface area contributed by atoms with Crippen LogP contribution in [0.3, 0.4) is 0 Å². The van der Waals surface area contributed by atoms with Gasteiger partial charge in [-0.1, -0.05) is 0 Å². The van der Waals surface area contributed by atoms with Crippen molar-refractivity contribution in [1.82, 2.24) is 0 Å². The van der Waals surface area contributed by atoms with Crippen LogP contribution in [0.4, 0.5) is 0 Å². The fraction of sp³-hybridized carbons (Fsp3) is 0.875. The number of aliphatic hydroxyl groups is 4. The second-order valence-electron chi connectivity index (χ2n) is 2.30. The Hall–Kier alpha value is -0.690. The van der Waals surface area contributed by atoms with Gasteiger partial charge in [-0.3, -0.25) is 4.79 Å². The molecule has 0 aliphatic rings. The molecule has 0 aliphatic heterocycles. The van der Waals surface area contributed by atoms with Crippen molar-refractivity contribution >= 4 is 5.97 Å². The molecule has 6 heteroatoms. The van der Waals surface area contributed by atoms with E-state index in [1.807, 2.05) is 0 Å². The van der Waals surface area contributed by atoms with Crippen LogP contribution in [0.25, 0.3) is 0 Å². The normalized spacial score (nSPS) is 9.29. The lowest BCUT2D eigenvalue weighted by Gasteiger charge is -1.96. The van der Waals surface area contributed by atoms with Crippen molar-refractivity contribution < 1.29 is 30.0 Å². The zero-order valence-corrected chi connectivity index (χ0v) is 8.22. The van der Waals surface area contributed by atoms with Gasteiger partial charge in [0.15, 0.2) is 0 Å². The Balaban J connectivity index is 0. The summed E-state index contributed by atoms with van der Waals surface area (Å²) in [7, 11) is 0. The number of esters is 1. The number of hydrogen-bond acceptors (Lipinski definition) is 6. The lowest BCUT2D eigenvalue weighted by atomic mass is 10.4. The molecular weight excluding hydrogens is 192 g/mol. The lowest BCUT2D eigenvalue weighted by Crippen LogP contribution is -2.15. The molecule has 0 aromatic carbocycles. The number of aliphatic hydroxyl groups excluding tert-OH is 4. The molecule has 0 fully saturated rings. The summed E-state index contributed by atoms with van der Waals surface area (Å²) in [5.74, 6) is -0.338. The number of ether oxygens (including phenoxy) is 1. The van der Waals surface area contributed by atoms with Crippen LogP contribution in [0.15, 0.2) is 0 Å². The van der Waals surface area contributed by atoms with Crippen molar-refractivity contribution in [1.29, 1.82) is 0 Å². The standard InChI is InChI=1S/C5H10O3.C3H8O3/c1-2-8-5(7)3-4-6;4-1-3(6)2-5/h6H,2-4H2,1H3;3-6H,1-2H2. The van der Waals surface area contributed by atoms with Gasteiger partial charge in [0.1, 0.15) is 6.10 Å². The van der Waals surface area contributed by atoms with Gasteiger partial charge in [-0.15, -0.1) is 0 Å². The van der Waals surface area contributed by atoms with Crippen molar-refractivity contribution in [2.24, 2.45) is 0 Å². The van der Waals surface area contributed by atoms with Crippen LogP contribution in [0.1, 0.15) is 13.3 Å². The van der Waals surface area contributed by atoms with Gasteiger partial charge in [0.05, 0.1) is 32.8 Å². The molecule has 0 spiro atoms. The van der Waals surface area contributed by atoms with Crippen LogP contribution >= 0.6 is 0 Å². The van der Waals surface area contributed by atoms with Gasteiger partial charge in [0.25, 0.3) is 0 Å². The quantitative estimate of drug-likeness (QED) is 0.401. The van der Waals surface area contributed by atoms with Gasteiger partial charge in [0, 0.05) is 0 Å². The largest absolute Gasteiger partial charge is 0.466 e. The van der Waals surface area contributed by atoms with E-state index in [9.17, 15) is 4.79 Å². The minimum Gasteiger partial charge on any atom is -0.466 e. The van der Waals surface area contributed by atoms with Gasteiger partial charge in [-0.2, -0.15) is 0 Å². The van der Waals surface area contributed by atoms with Crippen molar-refractivity contribution in [2.45, 2.75) is 19.4 Å². The van der Waals surface area contributed by atoms with Gasteiger partial charge in [-0.25, -0.2) is 0 Å². The van der Waals surface area contributed by atoms with E-state index in [-0.39, 0.29) is 32.2 Å². The van der Waals surface area contributed by atoms with Crippen LogP contribution in [0.2, 0.25) is 0 Å². The maximum Gasteiger partial charge on any atom is 0.308 e. The molecule has 86 valence electrons. The van der Waals surface area contributed by atoms with E-state index in [0.29, 0.717) is 6.61 Å². The van der Waals surface area contributed by atoms with Crippen LogP contribution in [0, 0.1) is 0 Å². The summed E-state index contributed by atoms with van der Waals surface area (Å²) in [6.45, 7) is 1.26. The topological polar surface area (TPSA) is 107 Å². The summed E-state index contributed by atoms with van der Waals surface area (Å²) in [6.07, 6.45) is -0.849. The molecule has 0 unspecified atom stereocenters. The maximum absolute atomic E-state index is 10.3. The van der Waals surface area contributed by atoms with E-state index in [1.54, 1.807) is 6.92 Å². The molecule has 0 aliphatic carbocycles. The average molecular weight is 210 g/mol. The van der Waals surface area contributed by atoms with E-state index in [2.05, 4.69) is 4.74 Å². The minimum atomic E-state index is -0.954. The molecule has 6 nitrogen and oxygen atoms in total. The Morgan fingerprint density at radius 3 is 2.00 bits per heavy atom. The Morgan fingerprint density at radius 2 is 1.79 bits per heavy atom.